The van der Waals surface area contributed by atoms with E-state index in [2.05, 4.69) is 4.99 Å². The summed E-state index contributed by atoms with van der Waals surface area (Å²) in [7, 11) is 0. The normalized spacial score (nSPS) is 14.1. The van der Waals surface area contributed by atoms with Gasteiger partial charge < -0.3 is 16.6 Å². The predicted octanol–water partition coefficient (Wildman–Crippen LogP) is -2.85. The van der Waals surface area contributed by atoms with E-state index >= 15 is 0 Å². The molecule has 0 aromatic heterocycles. The Morgan fingerprint density at radius 2 is 2.00 bits per heavy atom. The zero-order chi connectivity index (χ0) is 13.6. The summed E-state index contributed by atoms with van der Waals surface area (Å²) in [6, 6.07) is 0. The first-order chi connectivity index (χ1) is 7.75. The van der Waals surface area contributed by atoms with Gasteiger partial charge in [-0.3, -0.25) is 15.1 Å². The van der Waals surface area contributed by atoms with Gasteiger partial charge in [-0.2, -0.15) is 0 Å². The molecule has 11 nitrogen and oxygen atoms in total. The lowest BCUT2D eigenvalue weighted by Crippen LogP contribution is -2.66. The second kappa shape index (κ2) is 5.93. The van der Waals surface area contributed by atoms with Crippen LogP contribution in [0, 0.1) is 10.1 Å². The molecule has 0 aliphatic heterocycles. The van der Waals surface area contributed by atoms with Crippen molar-refractivity contribution in [1.82, 2.24) is 5.12 Å². The van der Waals surface area contributed by atoms with Gasteiger partial charge >= 0.3 is 11.6 Å². The highest BCUT2D eigenvalue weighted by Gasteiger charge is 2.55. The molecular formula is C6H15N7O4. The highest BCUT2D eigenvalue weighted by molar-refractivity contribution is 5.76. The number of hydrogen-bond donors (Lipinski definition) is 5. The number of hydrogen-bond acceptors (Lipinski definition) is 7. The van der Waals surface area contributed by atoms with Gasteiger partial charge in [-0.15, -0.1) is 5.12 Å². The molecule has 0 saturated carbocycles. The Morgan fingerprint density at radius 1 is 1.47 bits per heavy atom. The van der Waals surface area contributed by atoms with E-state index in [1.165, 1.54) is 0 Å². The minimum atomic E-state index is -2.58. The summed E-state index contributed by atoms with van der Waals surface area (Å²) < 4.78 is 0. The van der Waals surface area contributed by atoms with Gasteiger partial charge in [0.05, 0.1) is 4.92 Å². The van der Waals surface area contributed by atoms with Gasteiger partial charge in [0.2, 0.25) is 0 Å². The molecule has 0 aromatic carbocycles. The van der Waals surface area contributed by atoms with Crippen LogP contribution in [0.2, 0.25) is 0 Å². The van der Waals surface area contributed by atoms with Gasteiger partial charge in [0, 0.05) is 13.0 Å². The molecule has 0 bridgehead atoms. The van der Waals surface area contributed by atoms with E-state index in [1.54, 1.807) is 0 Å². The number of carboxylic acid groups (broad SMARTS) is 1. The minimum Gasteiger partial charge on any atom is -0.475 e. The van der Waals surface area contributed by atoms with E-state index < -0.39 is 23.0 Å². The number of carboxylic acids is 1. The number of nitro groups is 1. The number of rotatable bonds is 7. The summed E-state index contributed by atoms with van der Waals surface area (Å²) in [5.41, 5.74) is 7.49. The quantitative estimate of drug-likeness (QED) is 0.0598. The second-order valence-corrected chi connectivity index (χ2v) is 3.20. The molecule has 0 fully saturated rings. The van der Waals surface area contributed by atoms with Crippen LogP contribution in [0.5, 0.6) is 0 Å². The van der Waals surface area contributed by atoms with Gasteiger partial charge in [-0.25, -0.2) is 16.5 Å². The van der Waals surface area contributed by atoms with Crippen LogP contribution in [-0.4, -0.2) is 39.3 Å². The number of carbonyl (C=O) groups is 1. The molecule has 1 atom stereocenters. The highest BCUT2D eigenvalue weighted by atomic mass is 16.6. The zero-order valence-electron chi connectivity index (χ0n) is 8.94. The van der Waals surface area contributed by atoms with Crippen molar-refractivity contribution in [2.75, 3.05) is 6.54 Å². The monoisotopic (exact) mass is 249 g/mol. The highest BCUT2D eigenvalue weighted by Crippen LogP contribution is 2.18. The Morgan fingerprint density at radius 3 is 2.29 bits per heavy atom. The molecule has 0 saturated heterocycles. The van der Waals surface area contributed by atoms with Crippen molar-refractivity contribution < 1.29 is 14.8 Å². The topological polar surface area (TPSA) is 200 Å². The Hall–Kier alpha value is -1.98. The van der Waals surface area contributed by atoms with Crippen LogP contribution < -0.4 is 23.2 Å². The molecule has 0 spiro atoms. The number of nitrogens with zero attached hydrogens (tertiary/aromatic N) is 3. The first-order valence-electron chi connectivity index (χ1n) is 4.48. The third-order valence-electron chi connectivity index (χ3n) is 2.05. The Balaban J connectivity index is 4.77. The lowest BCUT2D eigenvalue weighted by Gasteiger charge is -2.25. The molecule has 0 aliphatic rings. The Labute approximate surface area is 96.1 Å². The third-order valence-corrected chi connectivity index (χ3v) is 2.05. The SMILES string of the molecule is NC(N)=NCCC[C@@](C(=O)O)(N(N)N)[N+](=O)[O-]. The van der Waals surface area contributed by atoms with Crippen LogP contribution in [-0.2, 0) is 4.79 Å². The molecule has 0 unspecified atom stereocenters. The maximum Gasteiger partial charge on any atom is 0.401 e. The molecule has 9 N–H and O–H groups in total. The summed E-state index contributed by atoms with van der Waals surface area (Å²) in [6.07, 6.45) is -0.394. The average molecular weight is 249 g/mol. The largest absolute Gasteiger partial charge is 0.475 e. The van der Waals surface area contributed by atoms with Crippen molar-refractivity contribution in [2.45, 2.75) is 18.5 Å². The van der Waals surface area contributed by atoms with E-state index in [1.807, 2.05) is 0 Å². The van der Waals surface area contributed by atoms with E-state index in [4.69, 9.17) is 28.3 Å². The van der Waals surface area contributed by atoms with E-state index in [-0.39, 0.29) is 24.0 Å². The lowest BCUT2D eigenvalue weighted by molar-refractivity contribution is -0.588. The Kier molecular flexibility index (Phi) is 5.24. The smallest absolute Gasteiger partial charge is 0.401 e. The molecular weight excluding hydrogens is 234 g/mol. The zero-order valence-corrected chi connectivity index (χ0v) is 8.94. The summed E-state index contributed by atoms with van der Waals surface area (Å²) in [5, 5.41) is 19.7. The van der Waals surface area contributed by atoms with Crippen molar-refractivity contribution in [3.8, 4) is 0 Å². The number of aliphatic carboxylic acids is 1. The first-order valence-corrected chi connectivity index (χ1v) is 4.48. The summed E-state index contributed by atoms with van der Waals surface area (Å²) >= 11 is 0. The van der Waals surface area contributed by atoms with Crippen LogP contribution in [0.3, 0.4) is 0 Å². The number of aliphatic imine (C=N–C) groups is 1. The molecule has 98 valence electrons. The van der Waals surface area contributed by atoms with Crippen LogP contribution >= 0.6 is 0 Å². The number of nitrogens with two attached hydrogens (primary N) is 4. The third kappa shape index (κ3) is 3.51. The van der Waals surface area contributed by atoms with E-state index in [0.29, 0.717) is 0 Å². The number of hydrazine groups is 2. The van der Waals surface area contributed by atoms with Crippen LogP contribution in [0.25, 0.3) is 0 Å². The molecule has 0 aromatic rings. The average Bonchev–Trinajstić information content (AvgIpc) is 2.15. The molecule has 0 radical (unpaired) electrons. The fourth-order valence-electron chi connectivity index (χ4n) is 1.14. The summed E-state index contributed by atoms with van der Waals surface area (Å²) in [6.45, 7) is 0.0407. The van der Waals surface area contributed by atoms with E-state index in [0.717, 1.165) is 0 Å². The summed E-state index contributed by atoms with van der Waals surface area (Å²) in [4.78, 5) is 24.2. The predicted molar refractivity (Wildman–Crippen MR) is 57.5 cm³/mol. The van der Waals surface area contributed by atoms with Crippen LogP contribution in [0.1, 0.15) is 12.8 Å². The molecule has 0 rings (SSSR count). The fourth-order valence-corrected chi connectivity index (χ4v) is 1.14. The van der Waals surface area contributed by atoms with Crippen molar-refractivity contribution in [1.29, 1.82) is 0 Å². The standard InChI is InChI=1S/C6H15N7O4/c7-5(8)11-3-1-2-6(4(14)15,12(9)10)13(16)17/h1-3,9-10H2,(H,14,15)(H4,7,8,11)/t6-/m1/s1. The molecule has 0 heterocycles. The van der Waals surface area contributed by atoms with Gasteiger partial charge in [0.1, 0.15) is 0 Å². The van der Waals surface area contributed by atoms with Gasteiger partial charge in [0.15, 0.2) is 5.96 Å². The molecule has 17 heavy (non-hydrogen) atoms. The maximum absolute atomic E-state index is 10.9. The fraction of sp³-hybridized carbons (Fsp3) is 0.667. The first kappa shape index (κ1) is 15.0. The van der Waals surface area contributed by atoms with Gasteiger partial charge in [0.25, 0.3) is 0 Å². The molecule has 0 amide bonds. The van der Waals surface area contributed by atoms with Crippen molar-refractivity contribution in [2.24, 2.45) is 28.1 Å². The Bertz CT molecular complexity index is 310. The van der Waals surface area contributed by atoms with Crippen molar-refractivity contribution in [3.63, 3.8) is 0 Å². The van der Waals surface area contributed by atoms with E-state index in [9.17, 15) is 14.9 Å². The summed E-state index contributed by atoms with van der Waals surface area (Å²) in [5.74, 6) is 8.09. The van der Waals surface area contributed by atoms with Crippen LogP contribution in [0.15, 0.2) is 4.99 Å². The van der Waals surface area contributed by atoms with Crippen LogP contribution in [0.4, 0.5) is 0 Å². The minimum absolute atomic E-state index is 0.0378. The van der Waals surface area contributed by atoms with Gasteiger partial charge in [-0.1, -0.05) is 0 Å². The van der Waals surface area contributed by atoms with Crippen molar-refractivity contribution in [3.05, 3.63) is 10.1 Å². The number of guanidine groups is 1. The van der Waals surface area contributed by atoms with Gasteiger partial charge in [-0.05, 0) is 6.42 Å². The molecule has 0 aliphatic carbocycles. The lowest BCUT2D eigenvalue weighted by atomic mass is 10.1. The van der Waals surface area contributed by atoms with Crippen molar-refractivity contribution >= 4 is 11.9 Å². The second-order valence-electron chi connectivity index (χ2n) is 3.20. The molecule has 11 heteroatoms. The maximum atomic E-state index is 10.9.